The Morgan fingerprint density at radius 2 is 1.82 bits per heavy atom. The monoisotopic (exact) mass is 481 g/mol. The Hall–Kier alpha value is -3.62. The number of ether oxygens (including phenoxy) is 3. The third-order valence-electron chi connectivity index (χ3n) is 4.89. The maximum absolute atomic E-state index is 13.1. The average Bonchev–Trinajstić information content (AvgIpc) is 3.28. The van der Waals surface area contributed by atoms with Crippen molar-refractivity contribution >= 4 is 46.0 Å². The van der Waals surface area contributed by atoms with Crippen LogP contribution in [0.5, 0.6) is 17.2 Å². The summed E-state index contributed by atoms with van der Waals surface area (Å²) in [5, 5.41) is 4.85. The van der Waals surface area contributed by atoms with Crippen molar-refractivity contribution in [3.8, 4) is 27.8 Å². The van der Waals surface area contributed by atoms with E-state index in [-0.39, 0.29) is 5.91 Å². The molecule has 33 heavy (non-hydrogen) atoms. The Bertz CT molecular complexity index is 1350. The third kappa shape index (κ3) is 4.62. The van der Waals surface area contributed by atoms with Gasteiger partial charge in [0, 0.05) is 10.9 Å². The number of hydrazone groups is 1. The minimum Gasteiger partial charge on any atom is -0.493 e. The van der Waals surface area contributed by atoms with Crippen molar-refractivity contribution in [3.63, 3.8) is 0 Å². The van der Waals surface area contributed by atoms with Gasteiger partial charge in [-0.15, -0.1) is 11.3 Å². The normalized spacial score (nSPS) is 11.0. The van der Waals surface area contributed by atoms with Crippen molar-refractivity contribution in [1.82, 2.24) is 10.4 Å². The topological polar surface area (TPSA) is 82.0 Å². The predicted molar refractivity (Wildman–Crippen MR) is 131 cm³/mol. The summed E-state index contributed by atoms with van der Waals surface area (Å²) in [6.45, 7) is 0. The first-order chi connectivity index (χ1) is 16.0. The number of methoxy groups -OCH3 is 3. The van der Waals surface area contributed by atoms with E-state index >= 15 is 0 Å². The van der Waals surface area contributed by atoms with Gasteiger partial charge < -0.3 is 14.2 Å². The lowest BCUT2D eigenvalue weighted by Gasteiger charge is -2.13. The highest BCUT2D eigenvalue weighted by Crippen LogP contribution is 2.39. The number of rotatable bonds is 7. The second-order valence-electron chi connectivity index (χ2n) is 6.80. The highest BCUT2D eigenvalue weighted by Gasteiger charge is 2.16. The Kier molecular flexibility index (Phi) is 6.76. The van der Waals surface area contributed by atoms with Crippen LogP contribution in [0.15, 0.2) is 59.7 Å². The summed E-state index contributed by atoms with van der Waals surface area (Å²) >= 11 is 7.49. The van der Waals surface area contributed by atoms with Crippen LogP contribution in [0, 0.1) is 0 Å². The number of benzene rings is 2. The molecule has 0 aliphatic rings. The minimum absolute atomic E-state index is 0.367. The average molecular weight is 482 g/mol. The molecular weight excluding hydrogens is 462 g/mol. The maximum atomic E-state index is 13.1. The molecule has 168 valence electrons. The van der Waals surface area contributed by atoms with E-state index in [2.05, 4.69) is 15.5 Å². The molecule has 4 aromatic rings. The summed E-state index contributed by atoms with van der Waals surface area (Å²) in [7, 11) is 4.59. The van der Waals surface area contributed by atoms with E-state index in [1.54, 1.807) is 31.4 Å². The van der Waals surface area contributed by atoms with Gasteiger partial charge >= 0.3 is 0 Å². The van der Waals surface area contributed by atoms with Gasteiger partial charge in [0.15, 0.2) is 11.5 Å². The van der Waals surface area contributed by atoms with E-state index in [4.69, 9.17) is 25.8 Å². The minimum atomic E-state index is -0.367. The molecule has 0 saturated carbocycles. The molecule has 0 spiro atoms. The lowest BCUT2D eigenvalue weighted by atomic mass is 10.1. The summed E-state index contributed by atoms with van der Waals surface area (Å²) in [4.78, 5) is 18.6. The number of nitrogens with one attached hydrogen (secondary N) is 1. The van der Waals surface area contributed by atoms with Crippen LogP contribution in [-0.2, 0) is 0 Å². The molecule has 7 nitrogen and oxygen atoms in total. The number of nitrogens with zero attached hydrogens (tertiary/aromatic N) is 2. The van der Waals surface area contributed by atoms with E-state index in [1.165, 1.54) is 31.8 Å². The number of halogens is 1. The summed E-state index contributed by atoms with van der Waals surface area (Å²) in [5.74, 6) is 1.05. The number of aromatic nitrogens is 1. The van der Waals surface area contributed by atoms with E-state index in [0.717, 1.165) is 10.3 Å². The number of amides is 1. The molecule has 0 aliphatic heterocycles. The summed E-state index contributed by atoms with van der Waals surface area (Å²) in [6, 6.07) is 16.4. The standard InChI is InChI=1S/C24H20ClN3O4S/c1-30-19-9-8-14(22(31-2)23(19)32-3)13-26-28-24(29)16-12-18(20-10-11-21(25)33-20)27-17-7-5-4-6-15(16)17/h4-13H,1-3H3,(H,28,29)/b26-13+. The van der Waals surface area contributed by atoms with Crippen LogP contribution < -0.4 is 19.6 Å². The zero-order chi connectivity index (χ0) is 23.4. The molecule has 0 fully saturated rings. The Morgan fingerprint density at radius 3 is 2.52 bits per heavy atom. The summed E-state index contributed by atoms with van der Waals surface area (Å²) in [5.41, 5.74) is 5.03. The quantitative estimate of drug-likeness (QED) is 0.282. The van der Waals surface area contributed by atoms with Gasteiger partial charge in [0.05, 0.1) is 53.5 Å². The first-order valence-electron chi connectivity index (χ1n) is 9.83. The molecule has 0 unspecified atom stereocenters. The van der Waals surface area contributed by atoms with Crippen LogP contribution in [-0.4, -0.2) is 38.4 Å². The molecule has 0 aliphatic carbocycles. The van der Waals surface area contributed by atoms with Crippen LogP contribution >= 0.6 is 22.9 Å². The Labute approximate surface area is 199 Å². The largest absolute Gasteiger partial charge is 0.493 e. The van der Waals surface area contributed by atoms with Crippen LogP contribution in [0.1, 0.15) is 15.9 Å². The fourth-order valence-corrected chi connectivity index (χ4v) is 4.39. The fourth-order valence-electron chi connectivity index (χ4n) is 3.39. The third-order valence-corrected chi connectivity index (χ3v) is 6.14. The van der Waals surface area contributed by atoms with Crippen LogP contribution in [0.2, 0.25) is 4.34 Å². The molecule has 1 amide bonds. The number of hydrogen-bond acceptors (Lipinski definition) is 7. The number of carbonyl (C=O) groups is 1. The lowest BCUT2D eigenvalue weighted by molar-refractivity contribution is 0.0956. The molecule has 2 aromatic carbocycles. The zero-order valence-electron chi connectivity index (χ0n) is 18.1. The van der Waals surface area contributed by atoms with Gasteiger partial charge in [-0.25, -0.2) is 10.4 Å². The molecule has 0 radical (unpaired) electrons. The second-order valence-corrected chi connectivity index (χ2v) is 8.51. The molecule has 0 atom stereocenters. The maximum Gasteiger partial charge on any atom is 0.272 e. The van der Waals surface area contributed by atoms with Gasteiger partial charge in [-0.1, -0.05) is 29.8 Å². The van der Waals surface area contributed by atoms with Gasteiger partial charge in [0.2, 0.25) is 5.75 Å². The van der Waals surface area contributed by atoms with Gasteiger partial charge in [-0.2, -0.15) is 5.10 Å². The van der Waals surface area contributed by atoms with E-state index in [9.17, 15) is 4.79 Å². The van der Waals surface area contributed by atoms with Crippen molar-refractivity contribution in [3.05, 3.63) is 70.1 Å². The zero-order valence-corrected chi connectivity index (χ0v) is 19.7. The predicted octanol–water partition coefficient (Wildman–Crippen LogP) is 5.41. The number of para-hydroxylation sites is 1. The van der Waals surface area contributed by atoms with Crippen LogP contribution in [0.3, 0.4) is 0 Å². The Balaban J connectivity index is 1.66. The molecule has 0 bridgehead atoms. The van der Waals surface area contributed by atoms with Gasteiger partial charge in [0.1, 0.15) is 0 Å². The fraction of sp³-hybridized carbons (Fsp3) is 0.125. The highest BCUT2D eigenvalue weighted by atomic mass is 35.5. The van der Waals surface area contributed by atoms with E-state index in [1.807, 2.05) is 30.3 Å². The van der Waals surface area contributed by atoms with Gasteiger partial charge in [-0.3, -0.25) is 4.79 Å². The van der Waals surface area contributed by atoms with Crippen molar-refractivity contribution in [2.45, 2.75) is 0 Å². The SMILES string of the molecule is COc1ccc(/C=N/NC(=O)c2cc(-c3ccc(Cl)s3)nc3ccccc23)c(OC)c1OC. The molecule has 1 N–H and O–H groups in total. The van der Waals surface area contributed by atoms with Crippen molar-refractivity contribution < 1.29 is 19.0 Å². The lowest BCUT2D eigenvalue weighted by Crippen LogP contribution is -2.18. The van der Waals surface area contributed by atoms with Crippen molar-refractivity contribution in [2.24, 2.45) is 5.10 Å². The molecular formula is C24H20ClN3O4S. The first kappa shape index (κ1) is 22.6. The molecule has 9 heteroatoms. The summed E-state index contributed by atoms with van der Waals surface area (Å²) < 4.78 is 16.8. The number of pyridine rings is 1. The molecule has 0 saturated heterocycles. The van der Waals surface area contributed by atoms with Crippen LogP contribution in [0.25, 0.3) is 21.5 Å². The number of hydrogen-bond donors (Lipinski definition) is 1. The van der Waals surface area contributed by atoms with E-state index in [0.29, 0.717) is 43.9 Å². The summed E-state index contributed by atoms with van der Waals surface area (Å²) in [6.07, 6.45) is 1.49. The molecule has 2 aromatic heterocycles. The van der Waals surface area contributed by atoms with E-state index < -0.39 is 0 Å². The van der Waals surface area contributed by atoms with Crippen LogP contribution in [0.4, 0.5) is 0 Å². The number of thiophene rings is 1. The smallest absolute Gasteiger partial charge is 0.272 e. The Morgan fingerprint density at radius 1 is 1.03 bits per heavy atom. The van der Waals surface area contributed by atoms with Crippen molar-refractivity contribution in [1.29, 1.82) is 0 Å². The molecule has 2 heterocycles. The molecule has 4 rings (SSSR count). The van der Waals surface area contributed by atoms with Gasteiger partial charge in [0.25, 0.3) is 5.91 Å². The number of carbonyl (C=O) groups excluding carboxylic acids is 1. The second kappa shape index (κ2) is 9.89. The number of fused-ring (bicyclic) bond motifs is 1. The first-order valence-corrected chi connectivity index (χ1v) is 11.0. The van der Waals surface area contributed by atoms with Crippen molar-refractivity contribution in [2.75, 3.05) is 21.3 Å². The van der Waals surface area contributed by atoms with Gasteiger partial charge in [-0.05, 0) is 36.4 Å². The highest BCUT2D eigenvalue weighted by molar-refractivity contribution is 7.19.